The Hall–Kier alpha value is -4.60. The van der Waals surface area contributed by atoms with Crippen molar-refractivity contribution in [2.75, 3.05) is 5.32 Å². The molecule has 0 saturated heterocycles. The Morgan fingerprint density at radius 3 is 2.69 bits per heavy atom. The molecule has 1 unspecified atom stereocenters. The summed E-state index contributed by atoms with van der Waals surface area (Å²) in [5.74, 6) is -3.51. The van der Waals surface area contributed by atoms with Gasteiger partial charge in [0.05, 0.1) is 28.7 Å². The van der Waals surface area contributed by atoms with Gasteiger partial charge in [0.1, 0.15) is 5.82 Å². The van der Waals surface area contributed by atoms with Gasteiger partial charge in [-0.1, -0.05) is 6.07 Å². The van der Waals surface area contributed by atoms with E-state index in [4.69, 9.17) is 0 Å². The number of fused-ring (bicyclic) bond motifs is 1. The van der Waals surface area contributed by atoms with Gasteiger partial charge in [-0.05, 0) is 66.3 Å². The number of pyridine rings is 3. The first-order chi connectivity index (χ1) is 18.8. The number of nitrogens with zero attached hydrogens (tertiary/aromatic N) is 4. The third-order valence-corrected chi connectivity index (χ3v) is 7.00. The number of aromatic nitrogens is 5. The minimum Gasteiger partial charge on any atom is -0.319 e. The molecule has 196 valence electrons. The summed E-state index contributed by atoms with van der Waals surface area (Å²) >= 11 is 0. The van der Waals surface area contributed by atoms with Crippen molar-refractivity contribution in [3.8, 4) is 22.4 Å². The SMILES string of the molecule is O=C(Nc1ccc(-c2cnccc2F)nc1)c1n[nH]c2ccc(-c3cncc(CC4CCC(F)(F)C4)c3)cc12. The van der Waals surface area contributed by atoms with E-state index in [9.17, 15) is 18.0 Å². The number of halogens is 3. The van der Waals surface area contributed by atoms with Gasteiger partial charge in [0.15, 0.2) is 5.69 Å². The molecule has 10 heteroatoms. The van der Waals surface area contributed by atoms with Crippen molar-refractivity contribution in [2.45, 2.75) is 31.6 Å². The van der Waals surface area contributed by atoms with Crippen LogP contribution in [-0.2, 0) is 6.42 Å². The molecule has 1 fully saturated rings. The maximum atomic E-state index is 14.0. The van der Waals surface area contributed by atoms with Gasteiger partial charge in [0.2, 0.25) is 5.92 Å². The molecule has 0 radical (unpaired) electrons. The van der Waals surface area contributed by atoms with Crippen LogP contribution >= 0.6 is 0 Å². The summed E-state index contributed by atoms with van der Waals surface area (Å²) in [7, 11) is 0. The summed E-state index contributed by atoms with van der Waals surface area (Å²) in [6.45, 7) is 0. The van der Waals surface area contributed by atoms with Crippen LogP contribution in [0.15, 0.2) is 73.4 Å². The van der Waals surface area contributed by atoms with Crippen molar-refractivity contribution in [1.29, 1.82) is 0 Å². The molecule has 1 aliphatic rings. The third kappa shape index (κ3) is 5.22. The molecular formula is C29H23F3N6O. The van der Waals surface area contributed by atoms with E-state index in [0.717, 1.165) is 16.7 Å². The van der Waals surface area contributed by atoms with Crippen molar-refractivity contribution in [1.82, 2.24) is 25.1 Å². The molecule has 4 aromatic heterocycles. The highest BCUT2D eigenvalue weighted by Gasteiger charge is 2.39. The van der Waals surface area contributed by atoms with Crippen LogP contribution in [0.2, 0.25) is 0 Å². The normalized spacial score (nSPS) is 16.4. The molecule has 4 heterocycles. The fourth-order valence-electron chi connectivity index (χ4n) is 5.06. The highest BCUT2D eigenvalue weighted by molar-refractivity contribution is 6.11. The maximum absolute atomic E-state index is 14.0. The average molecular weight is 529 g/mol. The van der Waals surface area contributed by atoms with Gasteiger partial charge in [-0.25, -0.2) is 13.2 Å². The van der Waals surface area contributed by atoms with Crippen LogP contribution in [-0.4, -0.2) is 37.0 Å². The lowest BCUT2D eigenvalue weighted by Crippen LogP contribution is -2.13. The maximum Gasteiger partial charge on any atom is 0.276 e. The molecule has 0 spiro atoms. The number of benzene rings is 1. The Morgan fingerprint density at radius 2 is 1.92 bits per heavy atom. The summed E-state index contributed by atoms with van der Waals surface area (Å²) in [6, 6.07) is 12.0. The molecule has 1 atom stereocenters. The number of amides is 1. The molecule has 0 bridgehead atoms. The Kier molecular flexibility index (Phi) is 6.30. The van der Waals surface area contributed by atoms with Crippen LogP contribution < -0.4 is 5.32 Å². The van der Waals surface area contributed by atoms with Crippen molar-refractivity contribution in [2.24, 2.45) is 5.92 Å². The summed E-state index contributed by atoms with van der Waals surface area (Å²) < 4.78 is 41.3. The Labute approximate surface area is 221 Å². The topological polar surface area (TPSA) is 96.5 Å². The van der Waals surface area contributed by atoms with E-state index >= 15 is 0 Å². The quantitative estimate of drug-likeness (QED) is 0.264. The Morgan fingerprint density at radius 1 is 1.03 bits per heavy atom. The Balaban J connectivity index is 1.21. The lowest BCUT2D eigenvalue weighted by atomic mass is 9.96. The number of hydrogen-bond acceptors (Lipinski definition) is 5. The number of aromatic amines is 1. The molecule has 6 rings (SSSR count). The van der Waals surface area contributed by atoms with Gasteiger partial charge in [-0.15, -0.1) is 0 Å². The molecule has 0 aliphatic heterocycles. The standard InChI is InChI=1S/C29H23F3N6O/c30-24-6-8-33-16-23(24)25-4-2-21(15-35-25)36-28(39)27-22-11-19(1-3-26(22)37-38-27)20-10-18(13-34-14-20)9-17-5-7-29(31,32)12-17/h1-4,6,8,10-11,13-17H,5,7,9,12H2,(H,36,39)(H,37,38). The van der Waals surface area contributed by atoms with Crippen LogP contribution in [0.25, 0.3) is 33.3 Å². The summed E-state index contributed by atoms with van der Waals surface area (Å²) in [6.07, 6.45) is 8.54. The molecule has 7 nitrogen and oxygen atoms in total. The minimum absolute atomic E-state index is 0.0595. The molecule has 1 aliphatic carbocycles. The molecule has 39 heavy (non-hydrogen) atoms. The van der Waals surface area contributed by atoms with Crippen LogP contribution in [0.4, 0.5) is 18.9 Å². The fourth-order valence-corrected chi connectivity index (χ4v) is 5.06. The smallest absolute Gasteiger partial charge is 0.276 e. The van der Waals surface area contributed by atoms with Gasteiger partial charge in [0, 0.05) is 48.6 Å². The lowest BCUT2D eigenvalue weighted by Gasteiger charge is -2.11. The van der Waals surface area contributed by atoms with Gasteiger partial charge in [0.25, 0.3) is 5.91 Å². The number of carbonyl (C=O) groups is 1. The van der Waals surface area contributed by atoms with Crippen LogP contribution in [0.5, 0.6) is 0 Å². The first-order valence-electron chi connectivity index (χ1n) is 12.5. The van der Waals surface area contributed by atoms with E-state index in [1.54, 1.807) is 24.5 Å². The van der Waals surface area contributed by atoms with E-state index < -0.39 is 17.6 Å². The number of carbonyl (C=O) groups excluding carboxylic acids is 1. The molecular weight excluding hydrogens is 505 g/mol. The molecule has 5 aromatic rings. The number of nitrogens with one attached hydrogen (secondary N) is 2. The average Bonchev–Trinajstić information content (AvgIpc) is 3.51. The molecule has 2 N–H and O–H groups in total. The first-order valence-corrected chi connectivity index (χ1v) is 12.5. The zero-order chi connectivity index (χ0) is 27.0. The van der Waals surface area contributed by atoms with Crippen molar-refractivity contribution >= 4 is 22.5 Å². The monoisotopic (exact) mass is 528 g/mol. The zero-order valence-electron chi connectivity index (χ0n) is 20.7. The number of rotatable bonds is 6. The van der Waals surface area contributed by atoms with Crippen LogP contribution in [0, 0.1) is 11.7 Å². The number of anilines is 1. The highest BCUT2D eigenvalue weighted by Crippen LogP contribution is 2.40. The minimum atomic E-state index is -2.58. The van der Waals surface area contributed by atoms with Gasteiger partial charge in [-0.3, -0.25) is 24.8 Å². The van der Waals surface area contributed by atoms with E-state index in [-0.39, 0.29) is 30.0 Å². The van der Waals surface area contributed by atoms with E-state index in [1.807, 2.05) is 24.3 Å². The predicted molar refractivity (Wildman–Crippen MR) is 141 cm³/mol. The van der Waals surface area contributed by atoms with Crippen molar-refractivity contribution in [3.05, 3.63) is 90.5 Å². The second-order valence-corrected chi connectivity index (χ2v) is 9.83. The highest BCUT2D eigenvalue weighted by atomic mass is 19.3. The largest absolute Gasteiger partial charge is 0.319 e. The second kappa shape index (κ2) is 9.94. The third-order valence-electron chi connectivity index (χ3n) is 7.00. The molecule has 1 saturated carbocycles. The second-order valence-electron chi connectivity index (χ2n) is 9.83. The fraction of sp³-hybridized carbons (Fsp3) is 0.207. The Bertz CT molecular complexity index is 1670. The lowest BCUT2D eigenvalue weighted by molar-refractivity contribution is 0.00507. The zero-order valence-corrected chi connectivity index (χ0v) is 20.7. The summed E-state index contributed by atoms with van der Waals surface area (Å²) in [4.78, 5) is 25.6. The van der Waals surface area contributed by atoms with Crippen LogP contribution in [0.1, 0.15) is 35.3 Å². The van der Waals surface area contributed by atoms with Crippen LogP contribution in [0.3, 0.4) is 0 Å². The van der Waals surface area contributed by atoms with Gasteiger partial charge < -0.3 is 5.32 Å². The van der Waals surface area contributed by atoms with E-state index in [0.29, 0.717) is 35.1 Å². The number of hydrogen-bond donors (Lipinski definition) is 2. The van der Waals surface area contributed by atoms with Gasteiger partial charge in [-0.2, -0.15) is 5.10 Å². The predicted octanol–water partition coefficient (Wildman–Crippen LogP) is 6.45. The van der Waals surface area contributed by atoms with Crippen molar-refractivity contribution in [3.63, 3.8) is 0 Å². The van der Waals surface area contributed by atoms with Crippen molar-refractivity contribution < 1.29 is 18.0 Å². The number of H-pyrrole nitrogens is 1. The summed E-state index contributed by atoms with van der Waals surface area (Å²) in [5.41, 5.74) is 4.53. The first kappa shape index (κ1) is 24.7. The molecule has 1 aromatic carbocycles. The molecule has 1 amide bonds. The summed E-state index contributed by atoms with van der Waals surface area (Å²) in [5, 5.41) is 10.5. The van der Waals surface area contributed by atoms with Gasteiger partial charge >= 0.3 is 0 Å². The number of alkyl halides is 2. The van der Waals surface area contributed by atoms with E-state index in [2.05, 4.69) is 30.5 Å². The van der Waals surface area contributed by atoms with E-state index in [1.165, 1.54) is 24.7 Å².